The normalized spacial score (nSPS) is 18.8. The van der Waals surface area contributed by atoms with Crippen molar-refractivity contribution in [2.24, 2.45) is 11.7 Å². The number of fused-ring (bicyclic) bond motifs is 1. The molecule has 1 aromatic carbocycles. The highest BCUT2D eigenvalue weighted by atomic mass is 19.4. The number of nitrogens with two attached hydrogens (primary N) is 1. The van der Waals surface area contributed by atoms with Gasteiger partial charge in [0, 0.05) is 69.2 Å². The van der Waals surface area contributed by atoms with Gasteiger partial charge >= 0.3 is 6.18 Å². The van der Waals surface area contributed by atoms with Gasteiger partial charge in [-0.25, -0.2) is 9.67 Å². The van der Waals surface area contributed by atoms with E-state index in [1.165, 1.54) is 12.6 Å². The van der Waals surface area contributed by atoms with Crippen molar-refractivity contribution in [3.8, 4) is 5.69 Å². The number of nitrogens with zero attached hydrogens (tertiary/aromatic N) is 6. The van der Waals surface area contributed by atoms with Crippen molar-refractivity contribution in [2.45, 2.75) is 96.7 Å². The second kappa shape index (κ2) is 21.1. The van der Waals surface area contributed by atoms with Gasteiger partial charge in [0.2, 0.25) is 5.91 Å². The van der Waals surface area contributed by atoms with Gasteiger partial charge in [-0.1, -0.05) is 13.0 Å². The van der Waals surface area contributed by atoms with Crippen molar-refractivity contribution in [1.82, 2.24) is 24.6 Å². The van der Waals surface area contributed by atoms with Crippen LogP contribution in [-0.2, 0) is 27.2 Å². The molecule has 15 heteroatoms. The van der Waals surface area contributed by atoms with Gasteiger partial charge in [-0.05, 0) is 126 Å². The van der Waals surface area contributed by atoms with Crippen LogP contribution in [0.4, 0.5) is 24.7 Å². The summed E-state index contributed by atoms with van der Waals surface area (Å²) in [6.45, 7) is 11.9. The summed E-state index contributed by atoms with van der Waals surface area (Å²) in [4.78, 5) is 43.2. The number of piperazine rings is 1. The fourth-order valence-corrected chi connectivity index (χ4v) is 7.98. The summed E-state index contributed by atoms with van der Waals surface area (Å²) in [5.41, 5.74) is 11.8. The molecule has 1 amide bonds. The Morgan fingerprint density at radius 1 is 1.04 bits per heavy atom. The van der Waals surface area contributed by atoms with Crippen LogP contribution in [0.25, 0.3) is 5.69 Å². The Bertz CT molecular complexity index is 1730. The molecule has 3 unspecified atom stereocenters. The third-order valence-electron chi connectivity index (χ3n) is 11.0. The molecule has 6 rings (SSSR count). The number of likely N-dealkylation sites (tertiary alicyclic amines) is 1. The van der Waals surface area contributed by atoms with Crippen LogP contribution in [0.2, 0.25) is 0 Å². The zero-order chi connectivity index (χ0) is 40.8. The molecule has 2 aromatic heterocycles. The first-order valence-corrected chi connectivity index (χ1v) is 19.8. The van der Waals surface area contributed by atoms with Crippen molar-refractivity contribution < 1.29 is 32.7 Å². The minimum Gasteiger partial charge on any atom is -0.483 e. The minimum atomic E-state index is -4.27. The average Bonchev–Trinajstić information content (AvgIpc) is 3.80. The van der Waals surface area contributed by atoms with E-state index in [0.717, 1.165) is 98.7 Å². The van der Waals surface area contributed by atoms with Crippen molar-refractivity contribution in [3.05, 3.63) is 64.6 Å². The lowest BCUT2D eigenvalue weighted by molar-refractivity contribution is -0.144. The molecule has 308 valence electrons. The maximum Gasteiger partial charge on any atom is 0.408 e. The number of carbonyl (C=O) groups excluding carboxylic acids is 2. The smallest absolute Gasteiger partial charge is 0.408 e. The zero-order valence-corrected chi connectivity index (χ0v) is 33.2. The number of hydrogen-bond donors (Lipinski definition) is 3. The summed E-state index contributed by atoms with van der Waals surface area (Å²) in [5.74, 6) is 1.36. The third kappa shape index (κ3) is 12.0. The molecule has 2 fully saturated rings. The molecule has 0 spiro atoms. The van der Waals surface area contributed by atoms with E-state index < -0.39 is 12.2 Å². The zero-order valence-electron chi connectivity index (χ0n) is 33.2. The van der Waals surface area contributed by atoms with Gasteiger partial charge in [0.05, 0.1) is 11.4 Å². The molecule has 12 nitrogen and oxygen atoms in total. The van der Waals surface area contributed by atoms with Gasteiger partial charge in [-0.3, -0.25) is 9.59 Å². The van der Waals surface area contributed by atoms with Crippen molar-refractivity contribution in [1.29, 1.82) is 0 Å². The minimum absolute atomic E-state index is 0.0481. The number of halogens is 3. The number of nitrogens with one attached hydrogen (secondary N) is 1. The van der Waals surface area contributed by atoms with E-state index in [-0.39, 0.29) is 18.8 Å². The molecule has 3 aliphatic heterocycles. The predicted octanol–water partition coefficient (Wildman–Crippen LogP) is 5.91. The number of hydrogen-bond acceptors (Lipinski definition) is 9. The molecule has 0 bridgehead atoms. The highest BCUT2D eigenvalue weighted by Gasteiger charge is 2.41. The van der Waals surface area contributed by atoms with Crippen LogP contribution in [0.5, 0.6) is 0 Å². The summed E-state index contributed by atoms with van der Waals surface area (Å²) in [6, 6.07) is 11.3. The van der Waals surface area contributed by atoms with Crippen LogP contribution >= 0.6 is 0 Å². The molecule has 5 heterocycles. The third-order valence-corrected chi connectivity index (χ3v) is 11.0. The fraction of sp³-hybridized carbons (Fsp3) is 0.585. The summed E-state index contributed by atoms with van der Waals surface area (Å²) >= 11 is 0. The largest absolute Gasteiger partial charge is 0.483 e. The van der Waals surface area contributed by atoms with Crippen molar-refractivity contribution in [3.63, 3.8) is 0 Å². The molecule has 56 heavy (non-hydrogen) atoms. The first kappa shape index (κ1) is 44.2. The summed E-state index contributed by atoms with van der Waals surface area (Å²) in [6.07, 6.45) is 2.31. The van der Waals surface area contributed by atoms with Crippen LogP contribution < -0.4 is 16.0 Å². The molecule has 3 aliphatic rings. The van der Waals surface area contributed by atoms with Gasteiger partial charge in [-0.2, -0.15) is 18.3 Å². The van der Waals surface area contributed by atoms with Crippen molar-refractivity contribution >= 4 is 30.2 Å². The quantitative estimate of drug-likeness (QED) is 0.141. The number of amides is 1. The molecule has 4 N–H and O–H groups in total. The molecule has 3 aromatic rings. The van der Waals surface area contributed by atoms with Gasteiger partial charge in [0.1, 0.15) is 18.1 Å². The highest BCUT2D eigenvalue weighted by Crippen LogP contribution is 2.34. The van der Waals surface area contributed by atoms with E-state index >= 15 is 0 Å². The second-order valence-electron chi connectivity index (χ2n) is 14.8. The standard InChI is InChI=1S/C39H52F3N7O2.CH5N.CH2O2/c1-4-30(26-46-15-14-29(25-46)8-11-33-12-9-31-10-13-36(39(40,41)42)44-38(31)43-33)32-22-34(24-35(23-32)49-28(3)21-27(2)45-49)47-16-18-48(19-17-47)37(51)7-5-6-20-50;1-2;2-1-3/h9,12,20-24,29-30,36H,4-8,10-11,13-19,25-26H2,1-3H3,(H,43,44);2H2,1H3;1H,(H,2,3). The van der Waals surface area contributed by atoms with Crippen LogP contribution in [0, 0.1) is 19.8 Å². The number of rotatable bonds is 13. The number of aromatic nitrogens is 3. The SMILES string of the molecule is CCC(CN1CCC(CCc2ccc3c(n2)NC(C(F)(F)F)CC3)C1)c1cc(N2CCN(C(=O)CCCC=O)CC2)cc(-n2nc(C)cc2C)c1.CN.O=CO. The first-order chi connectivity index (χ1) is 26.9. The number of carbonyl (C=O) groups is 3. The number of anilines is 2. The molecular formula is C41H59F3N8O4. The van der Waals surface area contributed by atoms with Gasteiger partial charge in [0.25, 0.3) is 6.47 Å². The Morgan fingerprint density at radius 3 is 2.39 bits per heavy atom. The molecular weight excluding hydrogens is 725 g/mol. The summed E-state index contributed by atoms with van der Waals surface area (Å²) < 4.78 is 42.0. The summed E-state index contributed by atoms with van der Waals surface area (Å²) in [7, 11) is 1.50. The molecule has 2 saturated heterocycles. The topological polar surface area (TPSA) is 150 Å². The first-order valence-electron chi connectivity index (χ1n) is 19.8. The maximum absolute atomic E-state index is 13.3. The second-order valence-corrected chi connectivity index (χ2v) is 14.8. The van der Waals surface area contributed by atoms with E-state index in [1.807, 2.05) is 28.6 Å². The number of alkyl halides is 3. The number of aryl methyl sites for hydroxylation is 4. The Morgan fingerprint density at radius 2 is 1.75 bits per heavy atom. The number of benzene rings is 1. The lowest BCUT2D eigenvalue weighted by atomic mass is 9.94. The van der Waals surface area contributed by atoms with Gasteiger partial charge in [0.15, 0.2) is 0 Å². The Balaban J connectivity index is 0.00000133. The van der Waals surface area contributed by atoms with E-state index in [0.29, 0.717) is 56.4 Å². The lowest BCUT2D eigenvalue weighted by Gasteiger charge is -2.37. The van der Waals surface area contributed by atoms with E-state index in [1.54, 1.807) is 0 Å². The fourth-order valence-electron chi connectivity index (χ4n) is 7.98. The van der Waals surface area contributed by atoms with E-state index in [2.05, 4.69) is 63.9 Å². The van der Waals surface area contributed by atoms with Crippen LogP contribution in [0.1, 0.15) is 86.0 Å². The average molecular weight is 785 g/mol. The Hall–Kier alpha value is -4.50. The number of carboxylic acid groups (broad SMARTS) is 1. The summed E-state index contributed by atoms with van der Waals surface area (Å²) in [5, 5.41) is 14.3. The van der Waals surface area contributed by atoms with E-state index in [9.17, 15) is 22.8 Å². The molecule has 0 saturated carbocycles. The van der Waals surface area contributed by atoms with Crippen LogP contribution in [0.3, 0.4) is 0 Å². The van der Waals surface area contributed by atoms with Crippen LogP contribution in [0.15, 0.2) is 36.4 Å². The molecule has 3 atom stereocenters. The van der Waals surface area contributed by atoms with Gasteiger partial charge in [-0.15, -0.1) is 0 Å². The maximum atomic E-state index is 13.3. The van der Waals surface area contributed by atoms with Gasteiger partial charge < -0.3 is 35.7 Å². The number of unbranched alkanes of at least 4 members (excludes halogenated alkanes) is 1. The van der Waals surface area contributed by atoms with Crippen molar-refractivity contribution in [2.75, 3.05) is 63.1 Å². The van der Waals surface area contributed by atoms with E-state index in [4.69, 9.17) is 15.0 Å². The molecule has 0 radical (unpaired) electrons. The number of pyridine rings is 1. The van der Waals surface area contributed by atoms with Crippen LogP contribution in [-0.4, -0.2) is 113 Å². The monoisotopic (exact) mass is 784 g/mol. The lowest BCUT2D eigenvalue weighted by Crippen LogP contribution is -2.48. The highest BCUT2D eigenvalue weighted by molar-refractivity contribution is 5.77. The molecule has 0 aliphatic carbocycles. The Kier molecular flexibility index (Phi) is 16.7. The Labute approximate surface area is 328 Å². The predicted molar refractivity (Wildman–Crippen MR) is 212 cm³/mol. The number of aldehydes is 1.